The van der Waals surface area contributed by atoms with E-state index in [9.17, 15) is 9.59 Å². The highest BCUT2D eigenvalue weighted by Gasteiger charge is 2.29. The second-order valence-corrected chi connectivity index (χ2v) is 5.16. The fraction of sp³-hybridized carbons (Fsp3) is 0.176. The molecular formula is C17H16N2O3. The Labute approximate surface area is 128 Å². The summed E-state index contributed by atoms with van der Waals surface area (Å²) >= 11 is 0. The monoisotopic (exact) mass is 296 g/mol. The molecule has 112 valence electrons. The minimum atomic E-state index is -0.368. The third kappa shape index (κ3) is 3.63. The molecule has 2 aromatic carbocycles. The molecule has 5 heteroatoms. The summed E-state index contributed by atoms with van der Waals surface area (Å²) in [5.74, 6) is 0.806. The Balaban J connectivity index is 1.62. The molecule has 0 atom stereocenters. The first kappa shape index (κ1) is 14.1. The van der Waals surface area contributed by atoms with Crippen molar-refractivity contribution in [2.45, 2.75) is 12.8 Å². The van der Waals surface area contributed by atoms with E-state index in [1.165, 1.54) is 0 Å². The molecule has 2 N–H and O–H groups in total. The van der Waals surface area contributed by atoms with Crippen LogP contribution in [0, 0.1) is 5.92 Å². The van der Waals surface area contributed by atoms with Gasteiger partial charge in [-0.25, -0.2) is 0 Å². The van der Waals surface area contributed by atoms with Crippen LogP contribution in [0.4, 0.5) is 0 Å². The van der Waals surface area contributed by atoms with E-state index in [-0.39, 0.29) is 17.7 Å². The molecular weight excluding hydrogens is 280 g/mol. The molecule has 2 amide bonds. The first-order chi connectivity index (χ1) is 10.7. The number of ether oxygens (including phenoxy) is 1. The van der Waals surface area contributed by atoms with E-state index in [1.54, 1.807) is 24.3 Å². The number of benzene rings is 2. The maximum atomic E-state index is 12.0. The van der Waals surface area contributed by atoms with Crippen molar-refractivity contribution in [3.05, 3.63) is 60.2 Å². The molecule has 1 fully saturated rings. The van der Waals surface area contributed by atoms with E-state index < -0.39 is 0 Å². The predicted octanol–water partition coefficient (Wildman–Crippen LogP) is 2.65. The van der Waals surface area contributed by atoms with Gasteiger partial charge in [-0.05, 0) is 43.2 Å². The molecule has 1 saturated carbocycles. The summed E-state index contributed by atoms with van der Waals surface area (Å²) in [5, 5.41) is 0. The molecule has 5 nitrogen and oxygen atoms in total. The SMILES string of the molecule is O=C(NNC(=O)C1CC1)c1cccc(Oc2ccccc2)c1. The molecule has 1 aliphatic rings. The lowest BCUT2D eigenvalue weighted by Crippen LogP contribution is -2.42. The number of rotatable bonds is 4. The van der Waals surface area contributed by atoms with Crippen LogP contribution in [-0.4, -0.2) is 11.8 Å². The number of hydrogen-bond acceptors (Lipinski definition) is 3. The van der Waals surface area contributed by atoms with Crippen LogP contribution in [0.3, 0.4) is 0 Å². The topological polar surface area (TPSA) is 67.4 Å². The van der Waals surface area contributed by atoms with Gasteiger partial charge in [0.25, 0.3) is 5.91 Å². The second kappa shape index (κ2) is 6.30. The van der Waals surface area contributed by atoms with Crippen molar-refractivity contribution in [3.63, 3.8) is 0 Å². The molecule has 0 spiro atoms. The van der Waals surface area contributed by atoms with Gasteiger partial charge in [-0.3, -0.25) is 20.4 Å². The Morgan fingerprint density at radius 2 is 1.64 bits per heavy atom. The summed E-state index contributed by atoms with van der Waals surface area (Å²) in [6, 6.07) is 16.1. The van der Waals surface area contributed by atoms with E-state index in [1.807, 2.05) is 30.3 Å². The third-order valence-corrected chi connectivity index (χ3v) is 3.32. The van der Waals surface area contributed by atoms with Gasteiger partial charge in [-0.15, -0.1) is 0 Å². The number of carbonyl (C=O) groups excluding carboxylic acids is 2. The largest absolute Gasteiger partial charge is 0.457 e. The van der Waals surface area contributed by atoms with Crippen molar-refractivity contribution in [3.8, 4) is 11.5 Å². The fourth-order valence-electron chi connectivity index (χ4n) is 1.96. The lowest BCUT2D eigenvalue weighted by atomic mass is 10.2. The van der Waals surface area contributed by atoms with Crippen LogP contribution >= 0.6 is 0 Å². The summed E-state index contributed by atoms with van der Waals surface area (Å²) in [6.07, 6.45) is 1.78. The Morgan fingerprint density at radius 3 is 2.36 bits per heavy atom. The standard InChI is InChI=1S/C17H16N2O3/c20-16(12-9-10-12)18-19-17(21)13-5-4-8-15(11-13)22-14-6-2-1-3-7-14/h1-8,11-12H,9-10H2,(H,18,20)(H,19,21). The van der Waals surface area contributed by atoms with Crippen LogP contribution in [0.15, 0.2) is 54.6 Å². The van der Waals surface area contributed by atoms with Gasteiger partial charge in [0.2, 0.25) is 5.91 Å². The number of amides is 2. The normalized spacial score (nSPS) is 13.3. The highest BCUT2D eigenvalue weighted by atomic mass is 16.5. The quantitative estimate of drug-likeness (QED) is 0.852. The van der Waals surface area contributed by atoms with Gasteiger partial charge in [0, 0.05) is 11.5 Å². The van der Waals surface area contributed by atoms with Crippen molar-refractivity contribution in [2.24, 2.45) is 5.92 Å². The molecule has 0 unspecified atom stereocenters. The van der Waals surface area contributed by atoms with Gasteiger partial charge < -0.3 is 4.74 Å². The smallest absolute Gasteiger partial charge is 0.269 e. The number of carbonyl (C=O) groups is 2. The molecule has 2 aromatic rings. The van der Waals surface area contributed by atoms with Crippen molar-refractivity contribution < 1.29 is 14.3 Å². The van der Waals surface area contributed by atoms with Crippen molar-refractivity contribution in [1.29, 1.82) is 0 Å². The van der Waals surface area contributed by atoms with E-state index >= 15 is 0 Å². The van der Waals surface area contributed by atoms with Crippen molar-refractivity contribution in [2.75, 3.05) is 0 Å². The molecule has 3 rings (SSSR count). The Bertz CT molecular complexity index is 681. The summed E-state index contributed by atoms with van der Waals surface area (Å²) in [6.45, 7) is 0. The molecule has 0 aromatic heterocycles. The van der Waals surface area contributed by atoms with E-state index in [0.717, 1.165) is 12.8 Å². The Hall–Kier alpha value is -2.82. The molecule has 0 radical (unpaired) electrons. The van der Waals surface area contributed by atoms with E-state index in [4.69, 9.17) is 4.74 Å². The molecule has 0 aliphatic heterocycles. The minimum Gasteiger partial charge on any atom is -0.457 e. The van der Waals surface area contributed by atoms with Crippen LogP contribution < -0.4 is 15.6 Å². The van der Waals surface area contributed by atoms with Gasteiger partial charge >= 0.3 is 0 Å². The summed E-state index contributed by atoms with van der Waals surface area (Å²) in [7, 11) is 0. The first-order valence-corrected chi connectivity index (χ1v) is 7.15. The summed E-state index contributed by atoms with van der Waals surface area (Å²) in [4.78, 5) is 23.5. The zero-order valence-electron chi connectivity index (χ0n) is 11.9. The molecule has 0 heterocycles. The average molecular weight is 296 g/mol. The average Bonchev–Trinajstić information content (AvgIpc) is 3.38. The Kier molecular flexibility index (Phi) is 4.05. The maximum absolute atomic E-state index is 12.0. The highest BCUT2D eigenvalue weighted by Crippen LogP contribution is 2.28. The lowest BCUT2D eigenvalue weighted by molar-refractivity contribution is -0.123. The fourth-order valence-corrected chi connectivity index (χ4v) is 1.96. The van der Waals surface area contributed by atoms with Crippen LogP contribution in [0.5, 0.6) is 11.5 Å². The van der Waals surface area contributed by atoms with Crippen LogP contribution in [-0.2, 0) is 4.79 Å². The predicted molar refractivity (Wildman–Crippen MR) is 81.3 cm³/mol. The Morgan fingerprint density at radius 1 is 0.909 bits per heavy atom. The van der Waals surface area contributed by atoms with E-state index in [0.29, 0.717) is 17.1 Å². The second-order valence-electron chi connectivity index (χ2n) is 5.16. The summed E-state index contributed by atoms with van der Waals surface area (Å²) in [5.41, 5.74) is 5.27. The molecule has 0 saturated heterocycles. The van der Waals surface area contributed by atoms with Crippen molar-refractivity contribution in [1.82, 2.24) is 10.9 Å². The number of hydrogen-bond donors (Lipinski definition) is 2. The van der Waals surface area contributed by atoms with E-state index in [2.05, 4.69) is 10.9 Å². The van der Waals surface area contributed by atoms with Crippen LogP contribution in [0.25, 0.3) is 0 Å². The molecule has 1 aliphatic carbocycles. The minimum absolute atomic E-state index is 0.0491. The molecule has 22 heavy (non-hydrogen) atoms. The maximum Gasteiger partial charge on any atom is 0.269 e. The van der Waals surface area contributed by atoms with Gasteiger partial charge in [-0.1, -0.05) is 24.3 Å². The van der Waals surface area contributed by atoms with Crippen LogP contribution in [0.2, 0.25) is 0 Å². The zero-order valence-corrected chi connectivity index (χ0v) is 11.9. The first-order valence-electron chi connectivity index (χ1n) is 7.15. The van der Waals surface area contributed by atoms with Crippen molar-refractivity contribution >= 4 is 11.8 Å². The highest BCUT2D eigenvalue weighted by molar-refractivity contribution is 5.96. The number of hydrazine groups is 1. The molecule has 0 bridgehead atoms. The van der Waals surface area contributed by atoms with Gasteiger partial charge in [0.05, 0.1) is 0 Å². The van der Waals surface area contributed by atoms with Crippen LogP contribution in [0.1, 0.15) is 23.2 Å². The zero-order chi connectivity index (χ0) is 15.4. The lowest BCUT2D eigenvalue weighted by Gasteiger charge is -2.09. The van der Waals surface area contributed by atoms with Gasteiger partial charge in [-0.2, -0.15) is 0 Å². The summed E-state index contributed by atoms with van der Waals surface area (Å²) < 4.78 is 5.68. The number of para-hydroxylation sites is 1. The van der Waals surface area contributed by atoms with Gasteiger partial charge in [0.15, 0.2) is 0 Å². The van der Waals surface area contributed by atoms with Gasteiger partial charge in [0.1, 0.15) is 11.5 Å². The number of nitrogens with one attached hydrogen (secondary N) is 2. The third-order valence-electron chi connectivity index (χ3n) is 3.32.